The lowest BCUT2D eigenvalue weighted by Crippen LogP contribution is -2.27. The third kappa shape index (κ3) is 4.24. The molecule has 1 amide bonds. The van der Waals surface area contributed by atoms with Crippen LogP contribution in [0.15, 0.2) is 55.1 Å². The van der Waals surface area contributed by atoms with Crippen molar-refractivity contribution < 1.29 is 14.3 Å². The van der Waals surface area contributed by atoms with Crippen molar-refractivity contribution in [2.24, 2.45) is 0 Å². The summed E-state index contributed by atoms with van der Waals surface area (Å²) in [6, 6.07) is 11.3. The lowest BCUT2D eigenvalue weighted by atomic mass is 10.1. The first-order valence-electron chi connectivity index (χ1n) is 8.34. The smallest absolute Gasteiger partial charge is 0.252 e. The molecule has 3 rings (SSSR count). The van der Waals surface area contributed by atoms with E-state index in [1.165, 1.54) is 0 Å². The molecular weight excluding hydrogens is 457 g/mol. The maximum atomic E-state index is 12.7. The number of rotatable bonds is 6. The fourth-order valence-electron chi connectivity index (χ4n) is 2.73. The topological polar surface area (TPSA) is 65.4 Å². The average molecular weight is 477 g/mol. The van der Waals surface area contributed by atoms with E-state index in [4.69, 9.17) is 9.47 Å². The van der Waals surface area contributed by atoms with E-state index in [0.29, 0.717) is 17.1 Å². The molecule has 1 aromatic heterocycles. The lowest BCUT2D eigenvalue weighted by molar-refractivity contribution is 0.0938. The van der Waals surface area contributed by atoms with Crippen molar-refractivity contribution in [2.75, 3.05) is 14.2 Å². The van der Waals surface area contributed by atoms with Gasteiger partial charge in [-0.3, -0.25) is 4.79 Å². The molecule has 3 aromatic rings. The van der Waals surface area contributed by atoms with Crippen LogP contribution < -0.4 is 14.8 Å². The number of halogens is 1. The molecular formula is C20H20IN3O3. The molecule has 0 bridgehead atoms. The molecule has 0 aliphatic carbocycles. The summed E-state index contributed by atoms with van der Waals surface area (Å²) in [6.07, 6.45) is 5.37. The molecule has 2 aromatic carbocycles. The van der Waals surface area contributed by atoms with Gasteiger partial charge in [0.05, 0.1) is 32.2 Å². The van der Waals surface area contributed by atoms with Crippen molar-refractivity contribution in [3.8, 4) is 17.2 Å². The number of hydrogen-bond acceptors (Lipinski definition) is 4. The van der Waals surface area contributed by atoms with Crippen LogP contribution in [0.25, 0.3) is 5.69 Å². The number of carbonyl (C=O) groups is 1. The Bertz CT molecular complexity index is 924. The van der Waals surface area contributed by atoms with Crippen LogP contribution in [-0.2, 0) is 0 Å². The largest absolute Gasteiger partial charge is 0.493 e. The number of nitrogens with one attached hydrogen (secondary N) is 1. The quantitative estimate of drug-likeness (QED) is 0.546. The van der Waals surface area contributed by atoms with Crippen LogP contribution in [0.5, 0.6) is 11.5 Å². The second kappa shape index (κ2) is 8.43. The highest BCUT2D eigenvalue weighted by molar-refractivity contribution is 14.1. The molecule has 1 heterocycles. The SMILES string of the molecule is COc1cc(I)c(C(=O)NC(C)c2ccc(-n3ccnc3)cc2)cc1OC. The molecule has 1 N–H and O–H groups in total. The van der Waals surface area contributed by atoms with E-state index in [0.717, 1.165) is 14.8 Å². The van der Waals surface area contributed by atoms with Crippen LogP contribution in [0.3, 0.4) is 0 Å². The highest BCUT2D eigenvalue weighted by atomic mass is 127. The number of imidazole rings is 1. The normalized spacial score (nSPS) is 11.7. The highest BCUT2D eigenvalue weighted by Gasteiger charge is 2.17. The van der Waals surface area contributed by atoms with E-state index < -0.39 is 0 Å². The predicted octanol–water partition coefficient (Wildman–Crippen LogP) is 3.99. The monoisotopic (exact) mass is 477 g/mol. The van der Waals surface area contributed by atoms with Crippen molar-refractivity contribution in [2.45, 2.75) is 13.0 Å². The number of amides is 1. The van der Waals surface area contributed by atoms with Crippen LogP contribution in [0.2, 0.25) is 0 Å². The van der Waals surface area contributed by atoms with Gasteiger partial charge in [-0.05, 0) is 59.3 Å². The minimum absolute atomic E-state index is 0.141. The molecule has 0 radical (unpaired) electrons. The number of carbonyl (C=O) groups excluding carboxylic acids is 1. The van der Waals surface area contributed by atoms with E-state index in [1.807, 2.05) is 42.0 Å². The summed E-state index contributed by atoms with van der Waals surface area (Å²) in [7, 11) is 3.13. The van der Waals surface area contributed by atoms with Gasteiger partial charge in [0, 0.05) is 21.7 Å². The Morgan fingerprint density at radius 2 is 1.81 bits per heavy atom. The zero-order chi connectivity index (χ0) is 19.4. The highest BCUT2D eigenvalue weighted by Crippen LogP contribution is 2.31. The Balaban J connectivity index is 1.76. The predicted molar refractivity (Wildman–Crippen MR) is 112 cm³/mol. The molecule has 0 fully saturated rings. The number of benzene rings is 2. The van der Waals surface area contributed by atoms with Gasteiger partial charge in [0.1, 0.15) is 0 Å². The summed E-state index contributed by atoms with van der Waals surface area (Å²) in [5.74, 6) is 0.966. The number of ether oxygens (including phenoxy) is 2. The summed E-state index contributed by atoms with van der Waals surface area (Å²) < 4.78 is 13.3. The lowest BCUT2D eigenvalue weighted by Gasteiger charge is -2.17. The molecule has 0 saturated carbocycles. The first-order chi connectivity index (χ1) is 13.0. The maximum absolute atomic E-state index is 12.7. The maximum Gasteiger partial charge on any atom is 0.252 e. The molecule has 0 spiro atoms. The first kappa shape index (κ1) is 19.2. The molecule has 140 valence electrons. The van der Waals surface area contributed by atoms with E-state index in [2.05, 4.69) is 32.9 Å². The van der Waals surface area contributed by atoms with Crippen molar-refractivity contribution in [1.29, 1.82) is 0 Å². The van der Waals surface area contributed by atoms with Crippen molar-refractivity contribution in [1.82, 2.24) is 14.9 Å². The van der Waals surface area contributed by atoms with Gasteiger partial charge < -0.3 is 19.4 Å². The zero-order valence-corrected chi connectivity index (χ0v) is 17.4. The third-order valence-corrected chi connectivity index (χ3v) is 5.15. The van der Waals surface area contributed by atoms with Crippen LogP contribution in [0, 0.1) is 3.57 Å². The summed E-state index contributed by atoms with van der Waals surface area (Å²) in [5.41, 5.74) is 2.59. The summed E-state index contributed by atoms with van der Waals surface area (Å²) in [4.78, 5) is 16.8. The van der Waals surface area contributed by atoms with Crippen LogP contribution in [-0.4, -0.2) is 29.7 Å². The van der Waals surface area contributed by atoms with Crippen molar-refractivity contribution in [3.05, 3.63) is 69.8 Å². The van der Waals surface area contributed by atoms with Gasteiger partial charge >= 0.3 is 0 Å². The van der Waals surface area contributed by atoms with E-state index in [-0.39, 0.29) is 11.9 Å². The van der Waals surface area contributed by atoms with E-state index in [9.17, 15) is 4.79 Å². The fraction of sp³-hybridized carbons (Fsp3) is 0.200. The van der Waals surface area contributed by atoms with Crippen molar-refractivity contribution >= 4 is 28.5 Å². The molecule has 0 aliphatic rings. The Kier molecular flexibility index (Phi) is 6.00. The van der Waals surface area contributed by atoms with Gasteiger partial charge in [0.25, 0.3) is 5.91 Å². The van der Waals surface area contributed by atoms with Gasteiger partial charge in [0.2, 0.25) is 0 Å². The minimum atomic E-state index is -0.161. The second-order valence-corrected chi connectivity index (χ2v) is 7.11. The number of hydrogen-bond donors (Lipinski definition) is 1. The summed E-state index contributed by atoms with van der Waals surface area (Å²) in [6.45, 7) is 1.96. The molecule has 7 heteroatoms. The Labute approximate surface area is 171 Å². The van der Waals surface area contributed by atoms with Crippen LogP contribution >= 0.6 is 22.6 Å². The zero-order valence-electron chi connectivity index (χ0n) is 15.3. The molecule has 1 unspecified atom stereocenters. The minimum Gasteiger partial charge on any atom is -0.493 e. The fourth-order valence-corrected chi connectivity index (χ4v) is 3.42. The second-order valence-electron chi connectivity index (χ2n) is 5.94. The third-order valence-electron chi connectivity index (χ3n) is 4.26. The molecule has 6 nitrogen and oxygen atoms in total. The van der Waals surface area contributed by atoms with Crippen molar-refractivity contribution in [3.63, 3.8) is 0 Å². The molecule has 0 saturated heterocycles. The summed E-state index contributed by atoms with van der Waals surface area (Å²) in [5, 5.41) is 3.04. The number of aromatic nitrogens is 2. The van der Waals surface area contributed by atoms with Crippen LogP contribution in [0.1, 0.15) is 28.9 Å². The Hall–Kier alpha value is -2.55. The number of nitrogens with zero attached hydrogens (tertiary/aromatic N) is 2. The van der Waals surface area contributed by atoms with E-state index in [1.54, 1.807) is 38.9 Å². The molecule has 27 heavy (non-hydrogen) atoms. The van der Waals surface area contributed by atoms with Gasteiger partial charge in [-0.2, -0.15) is 0 Å². The van der Waals surface area contributed by atoms with Gasteiger partial charge in [0.15, 0.2) is 11.5 Å². The first-order valence-corrected chi connectivity index (χ1v) is 9.42. The molecule has 0 aliphatic heterocycles. The van der Waals surface area contributed by atoms with Gasteiger partial charge in [-0.1, -0.05) is 12.1 Å². The average Bonchev–Trinajstić information content (AvgIpc) is 3.22. The van der Waals surface area contributed by atoms with Gasteiger partial charge in [-0.25, -0.2) is 4.98 Å². The molecule has 1 atom stereocenters. The Morgan fingerprint density at radius 3 is 2.41 bits per heavy atom. The van der Waals surface area contributed by atoms with Gasteiger partial charge in [-0.15, -0.1) is 0 Å². The Morgan fingerprint density at radius 1 is 1.15 bits per heavy atom. The number of methoxy groups -OCH3 is 2. The van der Waals surface area contributed by atoms with Crippen LogP contribution in [0.4, 0.5) is 0 Å². The van der Waals surface area contributed by atoms with E-state index >= 15 is 0 Å². The summed E-state index contributed by atoms with van der Waals surface area (Å²) >= 11 is 2.12. The standard InChI is InChI=1S/C20H20IN3O3/c1-13(14-4-6-15(7-5-14)24-9-8-22-12-24)23-20(25)16-10-18(26-2)19(27-3)11-17(16)21/h4-13H,1-3H3,(H,23,25).